The average Bonchev–Trinajstić information content (AvgIpc) is 2.60. The van der Waals surface area contributed by atoms with E-state index >= 15 is 0 Å². The van der Waals surface area contributed by atoms with E-state index in [1.807, 2.05) is 0 Å². The average molecular weight is 388 g/mol. The van der Waals surface area contributed by atoms with Crippen LogP contribution in [0, 0.1) is 16.0 Å². The number of nitro benzene ring substituents is 1. The van der Waals surface area contributed by atoms with Gasteiger partial charge in [0.2, 0.25) is 11.8 Å². The maximum absolute atomic E-state index is 12.7. The Morgan fingerprint density at radius 3 is 2.67 bits per heavy atom. The number of nitrogens with zero attached hydrogens (tertiary/aromatic N) is 2. The van der Waals surface area contributed by atoms with E-state index in [-0.39, 0.29) is 31.1 Å². The summed E-state index contributed by atoms with van der Waals surface area (Å²) in [7, 11) is 0. The molecule has 2 rings (SSSR count). The maximum atomic E-state index is 12.7. The molecule has 1 aromatic rings. The molecule has 1 unspecified atom stereocenters. The molecule has 0 aromatic heterocycles. The molecule has 0 aliphatic carbocycles. The standard InChI is InChI=1S/C16H19F3N4O4/c17-16(18,19)11-3-4-12(13(8-11)23(26)27)21-6-5-14(24)22-7-1-2-10(9-22)15(20)25/h3-4,8,10,21H,1-2,5-7,9H2,(H2,20,25). The Morgan fingerprint density at radius 1 is 1.37 bits per heavy atom. The van der Waals surface area contributed by atoms with Crippen molar-refractivity contribution in [1.82, 2.24) is 4.90 Å². The van der Waals surface area contributed by atoms with Crippen LogP contribution in [0.2, 0.25) is 0 Å². The highest BCUT2D eigenvalue weighted by atomic mass is 19.4. The third-order valence-electron chi connectivity index (χ3n) is 4.35. The summed E-state index contributed by atoms with van der Waals surface area (Å²) in [6.07, 6.45) is -3.44. The Labute approximate surface area is 152 Å². The van der Waals surface area contributed by atoms with Gasteiger partial charge in [0, 0.05) is 32.1 Å². The Hall–Kier alpha value is -2.85. The molecule has 0 bridgehead atoms. The topological polar surface area (TPSA) is 119 Å². The molecule has 11 heteroatoms. The molecule has 3 N–H and O–H groups in total. The molecule has 1 atom stereocenters. The van der Waals surface area contributed by atoms with Gasteiger partial charge in [-0.25, -0.2) is 0 Å². The van der Waals surface area contributed by atoms with Crippen LogP contribution >= 0.6 is 0 Å². The number of piperidine rings is 1. The number of hydrogen-bond acceptors (Lipinski definition) is 5. The van der Waals surface area contributed by atoms with E-state index in [9.17, 15) is 32.9 Å². The number of nitrogens with one attached hydrogen (secondary N) is 1. The van der Waals surface area contributed by atoms with Crippen LogP contribution in [-0.4, -0.2) is 41.3 Å². The van der Waals surface area contributed by atoms with Gasteiger partial charge in [-0.2, -0.15) is 13.2 Å². The van der Waals surface area contributed by atoms with E-state index in [4.69, 9.17) is 5.73 Å². The van der Waals surface area contributed by atoms with Gasteiger partial charge in [-0.05, 0) is 25.0 Å². The van der Waals surface area contributed by atoms with Gasteiger partial charge in [0.25, 0.3) is 5.69 Å². The summed E-state index contributed by atoms with van der Waals surface area (Å²) in [4.78, 5) is 35.1. The number of nitro groups is 1. The maximum Gasteiger partial charge on any atom is 0.416 e. The van der Waals surface area contributed by atoms with E-state index in [1.54, 1.807) is 0 Å². The molecule has 1 saturated heterocycles. The molecule has 8 nitrogen and oxygen atoms in total. The predicted molar refractivity (Wildman–Crippen MR) is 89.7 cm³/mol. The quantitative estimate of drug-likeness (QED) is 0.572. The second-order valence-electron chi connectivity index (χ2n) is 6.24. The molecule has 0 saturated carbocycles. The van der Waals surface area contributed by atoms with Crippen LogP contribution in [0.1, 0.15) is 24.8 Å². The Bertz CT molecular complexity index is 739. The number of benzene rings is 1. The first kappa shape index (κ1) is 20.5. The van der Waals surface area contributed by atoms with Crippen molar-refractivity contribution in [2.45, 2.75) is 25.4 Å². The number of primary amides is 1. The number of amides is 2. The van der Waals surface area contributed by atoms with Crippen molar-refractivity contribution in [3.63, 3.8) is 0 Å². The number of carbonyl (C=O) groups excluding carboxylic acids is 2. The smallest absolute Gasteiger partial charge is 0.379 e. The second-order valence-corrected chi connectivity index (χ2v) is 6.24. The van der Waals surface area contributed by atoms with Crippen molar-refractivity contribution in [2.24, 2.45) is 11.7 Å². The van der Waals surface area contributed by atoms with Gasteiger partial charge in [0.05, 0.1) is 16.4 Å². The molecule has 0 radical (unpaired) electrons. The summed E-state index contributed by atoms with van der Waals surface area (Å²) in [5.41, 5.74) is 3.32. The largest absolute Gasteiger partial charge is 0.416 e. The van der Waals surface area contributed by atoms with Crippen molar-refractivity contribution in [3.05, 3.63) is 33.9 Å². The minimum atomic E-state index is -4.69. The van der Waals surface area contributed by atoms with Gasteiger partial charge < -0.3 is 16.0 Å². The summed E-state index contributed by atoms with van der Waals surface area (Å²) in [6.45, 7) is 0.723. The van der Waals surface area contributed by atoms with Crippen LogP contribution in [0.25, 0.3) is 0 Å². The first-order valence-electron chi connectivity index (χ1n) is 8.26. The minimum Gasteiger partial charge on any atom is -0.379 e. The van der Waals surface area contributed by atoms with Gasteiger partial charge in [-0.3, -0.25) is 19.7 Å². The van der Waals surface area contributed by atoms with Crippen molar-refractivity contribution in [2.75, 3.05) is 25.0 Å². The van der Waals surface area contributed by atoms with Crippen LogP contribution in [0.3, 0.4) is 0 Å². The number of nitrogens with two attached hydrogens (primary N) is 1. The van der Waals surface area contributed by atoms with Gasteiger partial charge in [0.1, 0.15) is 5.69 Å². The highest BCUT2D eigenvalue weighted by molar-refractivity contribution is 5.80. The van der Waals surface area contributed by atoms with E-state index in [0.717, 1.165) is 12.1 Å². The van der Waals surface area contributed by atoms with Crippen LogP contribution in [0.5, 0.6) is 0 Å². The number of alkyl halides is 3. The summed E-state index contributed by atoms with van der Waals surface area (Å²) in [5, 5.41) is 13.7. The predicted octanol–water partition coefficient (Wildman–Crippen LogP) is 2.14. The molecule has 2 amide bonds. The van der Waals surface area contributed by atoms with Gasteiger partial charge in [-0.15, -0.1) is 0 Å². The van der Waals surface area contributed by atoms with Crippen LogP contribution in [0.4, 0.5) is 24.5 Å². The van der Waals surface area contributed by atoms with Crippen molar-refractivity contribution in [1.29, 1.82) is 0 Å². The number of halogens is 3. The van der Waals surface area contributed by atoms with Crippen molar-refractivity contribution >= 4 is 23.2 Å². The first-order chi connectivity index (χ1) is 12.6. The van der Waals surface area contributed by atoms with Crippen molar-refractivity contribution in [3.8, 4) is 0 Å². The summed E-state index contributed by atoms with van der Waals surface area (Å²) in [6, 6.07) is 2.15. The molecule has 1 aromatic carbocycles. The zero-order chi connectivity index (χ0) is 20.2. The molecule has 148 valence electrons. The summed E-state index contributed by atoms with van der Waals surface area (Å²) >= 11 is 0. The fraction of sp³-hybridized carbons (Fsp3) is 0.500. The first-order valence-corrected chi connectivity index (χ1v) is 8.26. The summed E-state index contributed by atoms with van der Waals surface area (Å²) in [5.74, 6) is -1.12. The highest BCUT2D eigenvalue weighted by Gasteiger charge is 2.33. The minimum absolute atomic E-state index is 0.00275. The normalized spacial score (nSPS) is 17.4. The van der Waals surface area contributed by atoms with E-state index in [2.05, 4.69) is 5.32 Å². The van der Waals surface area contributed by atoms with Crippen molar-refractivity contribution < 1.29 is 27.7 Å². The summed E-state index contributed by atoms with van der Waals surface area (Å²) < 4.78 is 38.1. The molecule has 0 spiro atoms. The monoisotopic (exact) mass is 388 g/mol. The lowest BCUT2D eigenvalue weighted by Gasteiger charge is -2.31. The molecular weight excluding hydrogens is 369 g/mol. The Morgan fingerprint density at radius 2 is 2.07 bits per heavy atom. The number of carbonyl (C=O) groups is 2. The Kier molecular flexibility index (Phi) is 6.24. The van der Waals surface area contributed by atoms with Crippen LogP contribution in [0.15, 0.2) is 18.2 Å². The van der Waals surface area contributed by atoms with Crippen LogP contribution < -0.4 is 11.1 Å². The van der Waals surface area contributed by atoms with Gasteiger partial charge in [-0.1, -0.05) is 0 Å². The lowest BCUT2D eigenvalue weighted by atomic mass is 9.97. The highest BCUT2D eigenvalue weighted by Crippen LogP contribution is 2.34. The Balaban J connectivity index is 1.97. The molecular formula is C16H19F3N4O4. The third-order valence-corrected chi connectivity index (χ3v) is 4.35. The molecule has 1 heterocycles. The van der Waals surface area contributed by atoms with E-state index < -0.39 is 34.2 Å². The van der Waals surface area contributed by atoms with E-state index in [0.29, 0.717) is 25.5 Å². The zero-order valence-corrected chi connectivity index (χ0v) is 14.3. The fourth-order valence-corrected chi connectivity index (χ4v) is 2.91. The molecule has 1 fully saturated rings. The van der Waals surface area contributed by atoms with Gasteiger partial charge in [0.15, 0.2) is 0 Å². The van der Waals surface area contributed by atoms with E-state index in [1.165, 1.54) is 4.90 Å². The van der Waals surface area contributed by atoms with Crippen LogP contribution in [-0.2, 0) is 15.8 Å². The number of rotatable bonds is 6. The van der Waals surface area contributed by atoms with Gasteiger partial charge >= 0.3 is 6.18 Å². The zero-order valence-electron chi connectivity index (χ0n) is 14.3. The second kappa shape index (κ2) is 8.23. The number of hydrogen-bond donors (Lipinski definition) is 2. The number of anilines is 1. The number of likely N-dealkylation sites (tertiary alicyclic amines) is 1. The molecule has 1 aliphatic rings. The molecule has 27 heavy (non-hydrogen) atoms. The third kappa shape index (κ3) is 5.31. The lowest BCUT2D eigenvalue weighted by Crippen LogP contribution is -2.44. The SMILES string of the molecule is NC(=O)C1CCCN(C(=O)CCNc2ccc(C(F)(F)F)cc2[N+](=O)[O-])C1. The lowest BCUT2D eigenvalue weighted by molar-refractivity contribution is -0.384. The fourth-order valence-electron chi connectivity index (χ4n) is 2.91. The molecule has 1 aliphatic heterocycles.